The first-order valence-corrected chi connectivity index (χ1v) is 3.48. The molecule has 1 fully saturated rings. The van der Waals surface area contributed by atoms with Crippen LogP contribution in [0.25, 0.3) is 0 Å². The van der Waals surface area contributed by atoms with E-state index in [1.165, 1.54) is 0 Å². The number of nitrogens with zero attached hydrogens (tertiary/aromatic N) is 1. The molecule has 0 amide bonds. The lowest BCUT2D eigenvalue weighted by Crippen LogP contribution is -2.70. The van der Waals surface area contributed by atoms with Crippen LogP contribution in [0.3, 0.4) is 0 Å². The maximum Gasteiger partial charge on any atom is 0.118 e. The first kappa shape index (κ1) is 7.98. The smallest absolute Gasteiger partial charge is 0.118 e. The first-order chi connectivity index (χ1) is 4.35. The van der Waals surface area contributed by atoms with Crippen LogP contribution in [-0.2, 0) is 0 Å². The van der Waals surface area contributed by atoms with Gasteiger partial charge in [0, 0.05) is 13.1 Å². The van der Waals surface area contributed by atoms with Gasteiger partial charge in [0.15, 0.2) is 0 Å². The topological polar surface area (TPSA) is 43.7 Å². The Balaban J connectivity index is 2.57. The molecule has 0 aromatic carbocycles. The van der Waals surface area contributed by atoms with Crippen LogP contribution in [0.5, 0.6) is 0 Å². The van der Waals surface area contributed by atoms with Crippen molar-refractivity contribution in [2.45, 2.75) is 25.0 Å². The lowest BCUT2D eigenvalue weighted by Gasteiger charge is -2.51. The summed E-state index contributed by atoms with van der Waals surface area (Å²) in [5.74, 6) is 0. The van der Waals surface area contributed by atoms with Crippen LogP contribution in [0.15, 0.2) is 0 Å². The molecule has 0 radical (unpaired) electrons. The Hall–Kier alpha value is -0.120. The molecule has 0 spiro atoms. The van der Waals surface area contributed by atoms with Gasteiger partial charge >= 0.3 is 0 Å². The van der Waals surface area contributed by atoms with E-state index in [-0.39, 0.29) is 0 Å². The van der Waals surface area contributed by atoms with Gasteiger partial charge in [-0.25, -0.2) is 0 Å². The monoisotopic (exact) mass is 145 g/mol. The molecule has 0 aromatic rings. The van der Waals surface area contributed by atoms with E-state index in [0.717, 1.165) is 0 Å². The summed E-state index contributed by atoms with van der Waals surface area (Å²) in [5.41, 5.74) is -1.86. The van der Waals surface area contributed by atoms with Crippen molar-refractivity contribution in [3.8, 4) is 0 Å². The van der Waals surface area contributed by atoms with E-state index >= 15 is 0 Å². The van der Waals surface area contributed by atoms with E-state index in [2.05, 4.69) is 0 Å². The fourth-order valence-electron chi connectivity index (χ4n) is 1.23. The molecule has 1 heterocycles. The molecule has 2 N–H and O–H groups in total. The second-order valence-electron chi connectivity index (χ2n) is 3.76. The highest BCUT2D eigenvalue weighted by molar-refractivity contribution is 5.04. The number of rotatable bonds is 1. The summed E-state index contributed by atoms with van der Waals surface area (Å²) < 4.78 is 0. The Bertz CT molecular complexity index is 133. The lowest BCUT2D eigenvalue weighted by molar-refractivity contribution is -0.198. The minimum atomic E-state index is -0.973. The van der Waals surface area contributed by atoms with Gasteiger partial charge in [0.1, 0.15) is 5.60 Å². The molecule has 0 bridgehead atoms. The van der Waals surface area contributed by atoms with E-state index in [1.807, 2.05) is 11.9 Å². The summed E-state index contributed by atoms with van der Waals surface area (Å²) in [6.45, 7) is 4.41. The van der Waals surface area contributed by atoms with Crippen LogP contribution in [0.2, 0.25) is 0 Å². The van der Waals surface area contributed by atoms with Gasteiger partial charge in [0.2, 0.25) is 0 Å². The SMILES string of the molecule is CN1CC(O)(C(C)(C)O)C1. The molecule has 1 aliphatic rings. The fourth-order valence-corrected chi connectivity index (χ4v) is 1.23. The zero-order valence-corrected chi connectivity index (χ0v) is 6.76. The van der Waals surface area contributed by atoms with Crippen LogP contribution in [0.1, 0.15) is 13.8 Å². The molecule has 3 nitrogen and oxygen atoms in total. The van der Waals surface area contributed by atoms with Gasteiger partial charge in [-0.05, 0) is 20.9 Å². The highest BCUT2D eigenvalue weighted by atomic mass is 16.4. The summed E-state index contributed by atoms with van der Waals surface area (Å²) in [4.78, 5) is 1.97. The molecule has 60 valence electrons. The highest BCUT2D eigenvalue weighted by Crippen LogP contribution is 2.30. The summed E-state index contributed by atoms with van der Waals surface area (Å²) in [5, 5.41) is 19.1. The Morgan fingerprint density at radius 3 is 1.90 bits per heavy atom. The molecule has 1 aliphatic heterocycles. The zero-order valence-electron chi connectivity index (χ0n) is 6.76. The molecule has 0 aromatic heterocycles. The second kappa shape index (κ2) is 1.94. The minimum absolute atomic E-state index is 0.566. The molecule has 0 saturated carbocycles. The Morgan fingerprint density at radius 2 is 1.80 bits per heavy atom. The molecule has 1 rings (SSSR count). The second-order valence-corrected chi connectivity index (χ2v) is 3.76. The van der Waals surface area contributed by atoms with E-state index < -0.39 is 11.2 Å². The molecule has 10 heavy (non-hydrogen) atoms. The zero-order chi connectivity index (χ0) is 7.99. The van der Waals surface area contributed by atoms with Gasteiger partial charge < -0.3 is 15.1 Å². The van der Waals surface area contributed by atoms with Crippen molar-refractivity contribution in [1.82, 2.24) is 4.90 Å². The third kappa shape index (κ3) is 1.05. The minimum Gasteiger partial charge on any atom is -0.387 e. The maximum absolute atomic E-state index is 9.63. The molecular formula is C7H15NO2. The van der Waals surface area contributed by atoms with Crippen LogP contribution in [0, 0.1) is 0 Å². The number of likely N-dealkylation sites (tertiary alicyclic amines) is 1. The number of β-amino-alcohol motifs (C(OH)–C–C–N with tert-alkyl or cyclic N) is 1. The largest absolute Gasteiger partial charge is 0.387 e. The van der Waals surface area contributed by atoms with Gasteiger partial charge in [-0.1, -0.05) is 0 Å². The number of hydrogen-bond acceptors (Lipinski definition) is 3. The average Bonchev–Trinajstić information content (AvgIpc) is 1.58. The van der Waals surface area contributed by atoms with Crippen molar-refractivity contribution in [2.75, 3.05) is 20.1 Å². The molecule has 0 aliphatic carbocycles. The summed E-state index contributed by atoms with van der Waals surface area (Å²) in [6.07, 6.45) is 0. The van der Waals surface area contributed by atoms with Crippen LogP contribution >= 0.6 is 0 Å². The average molecular weight is 145 g/mol. The standard InChI is InChI=1S/C7H15NO2/c1-6(2,9)7(10)4-8(3)5-7/h9-10H,4-5H2,1-3H3. The van der Waals surface area contributed by atoms with E-state index in [9.17, 15) is 10.2 Å². The van der Waals surface area contributed by atoms with Crippen LogP contribution in [0.4, 0.5) is 0 Å². The van der Waals surface area contributed by atoms with Crippen molar-refractivity contribution in [3.05, 3.63) is 0 Å². The fraction of sp³-hybridized carbons (Fsp3) is 1.00. The van der Waals surface area contributed by atoms with Gasteiger partial charge in [-0.15, -0.1) is 0 Å². The normalized spacial score (nSPS) is 26.1. The number of likely N-dealkylation sites (N-methyl/N-ethyl adjacent to an activating group) is 1. The Labute approximate surface area is 61.3 Å². The van der Waals surface area contributed by atoms with E-state index in [0.29, 0.717) is 13.1 Å². The summed E-state index contributed by atoms with van der Waals surface area (Å²) in [7, 11) is 1.92. The lowest BCUT2D eigenvalue weighted by atomic mass is 9.80. The summed E-state index contributed by atoms with van der Waals surface area (Å²) >= 11 is 0. The van der Waals surface area contributed by atoms with Crippen molar-refractivity contribution >= 4 is 0 Å². The number of hydrogen-bond donors (Lipinski definition) is 2. The third-order valence-electron chi connectivity index (χ3n) is 2.20. The van der Waals surface area contributed by atoms with E-state index in [1.54, 1.807) is 13.8 Å². The van der Waals surface area contributed by atoms with Crippen molar-refractivity contribution in [3.63, 3.8) is 0 Å². The van der Waals surface area contributed by atoms with Gasteiger partial charge in [0.05, 0.1) is 5.60 Å². The Kier molecular flexibility index (Phi) is 1.54. The third-order valence-corrected chi connectivity index (χ3v) is 2.20. The van der Waals surface area contributed by atoms with Gasteiger partial charge in [-0.2, -0.15) is 0 Å². The molecule has 0 atom stereocenters. The molecular weight excluding hydrogens is 130 g/mol. The number of aliphatic hydroxyl groups is 2. The molecule has 3 heteroatoms. The molecule has 0 unspecified atom stereocenters. The first-order valence-electron chi connectivity index (χ1n) is 3.48. The van der Waals surface area contributed by atoms with Crippen LogP contribution in [-0.4, -0.2) is 46.5 Å². The van der Waals surface area contributed by atoms with Gasteiger partial charge in [-0.3, -0.25) is 0 Å². The van der Waals surface area contributed by atoms with E-state index in [4.69, 9.17) is 0 Å². The predicted molar refractivity (Wildman–Crippen MR) is 38.7 cm³/mol. The van der Waals surface area contributed by atoms with Crippen molar-refractivity contribution in [1.29, 1.82) is 0 Å². The van der Waals surface area contributed by atoms with Gasteiger partial charge in [0.25, 0.3) is 0 Å². The quantitative estimate of drug-likeness (QED) is 0.519. The Morgan fingerprint density at radius 1 is 1.40 bits per heavy atom. The summed E-state index contributed by atoms with van der Waals surface area (Å²) in [6, 6.07) is 0. The molecule has 1 saturated heterocycles. The predicted octanol–water partition coefficient (Wildman–Crippen LogP) is -0.566. The maximum atomic E-state index is 9.63. The highest BCUT2D eigenvalue weighted by Gasteiger charge is 2.50. The van der Waals surface area contributed by atoms with Crippen molar-refractivity contribution < 1.29 is 10.2 Å². The van der Waals surface area contributed by atoms with Crippen LogP contribution < -0.4 is 0 Å². The van der Waals surface area contributed by atoms with Crippen molar-refractivity contribution in [2.24, 2.45) is 0 Å².